The van der Waals surface area contributed by atoms with Crippen molar-refractivity contribution in [2.24, 2.45) is 10.9 Å². The van der Waals surface area contributed by atoms with Gasteiger partial charge in [-0.05, 0) is 19.8 Å². The minimum absolute atomic E-state index is 0. The molecule has 3 N–H and O–H groups in total. The van der Waals surface area contributed by atoms with Crippen LogP contribution in [0.2, 0.25) is 0 Å². The molecule has 1 amide bonds. The number of amides is 1. The largest absolute Gasteiger partial charge is 0.383 e. The van der Waals surface area contributed by atoms with Crippen molar-refractivity contribution in [3.05, 3.63) is 0 Å². The first-order valence-corrected chi connectivity index (χ1v) is 8.06. The van der Waals surface area contributed by atoms with Crippen molar-refractivity contribution >= 4 is 35.8 Å². The van der Waals surface area contributed by atoms with E-state index in [0.717, 1.165) is 25.3 Å². The van der Waals surface area contributed by atoms with E-state index in [4.69, 9.17) is 4.74 Å². The van der Waals surface area contributed by atoms with Gasteiger partial charge in [0.2, 0.25) is 5.91 Å². The number of hydrogen-bond acceptors (Lipinski definition) is 3. The fraction of sp³-hybridized carbons (Fsp3) is 0.867. The molecule has 0 heterocycles. The van der Waals surface area contributed by atoms with Crippen molar-refractivity contribution in [1.29, 1.82) is 0 Å². The molecule has 0 saturated heterocycles. The average Bonchev–Trinajstić information content (AvgIpc) is 2.52. The van der Waals surface area contributed by atoms with Gasteiger partial charge in [-0.25, -0.2) is 0 Å². The second-order valence-electron chi connectivity index (χ2n) is 5.31. The van der Waals surface area contributed by atoms with E-state index < -0.39 is 0 Å². The maximum atomic E-state index is 12.0. The number of rotatable bonds is 8. The van der Waals surface area contributed by atoms with Gasteiger partial charge >= 0.3 is 0 Å². The van der Waals surface area contributed by atoms with Gasteiger partial charge in [-0.3, -0.25) is 9.79 Å². The zero-order valence-corrected chi connectivity index (χ0v) is 16.2. The molecular weight excluding hydrogens is 395 g/mol. The van der Waals surface area contributed by atoms with E-state index in [9.17, 15) is 4.79 Å². The predicted octanol–water partition coefficient (Wildman–Crippen LogP) is 1.50. The van der Waals surface area contributed by atoms with E-state index in [-0.39, 0.29) is 35.8 Å². The number of methoxy groups -OCH3 is 1. The molecule has 22 heavy (non-hydrogen) atoms. The molecule has 0 unspecified atom stereocenters. The highest BCUT2D eigenvalue weighted by atomic mass is 127. The van der Waals surface area contributed by atoms with Gasteiger partial charge in [0.1, 0.15) is 0 Å². The Kier molecular flexibility index (Phi) is 13.7. The normalized spacial score (nSPS) is 15.8. The number of ether oxygens (including phenoxy) is 1. The number of nitrogens with one attached hydrogen (secondary N) is 3. The summed E-state index contributed by atoms with van der Waals surface area (Å²) in [6, 6.07) is 0. The third-order valence-electron chi connectivity index (χ3n) is 3.60. The lowest BCUT2D eigenvalue weighted by atomic mass is 9.89. The quantitative estimate of drug-likeness (QED) is 0.238. The molecule has 0 aliphatic heterocycles. The molecule has 1 saturated carbocycles. The Balaban J connectivity index is 0.00000441. The van der Waals surface area contributed by atoms with E-state index >= 15 is 0 Å². The van der Waals surface area contributed by atoms with Gasteiger partial charge in [-0.2, -0.15) is 0 Å². The van der Waals surface area contributed by atoms with Gasteiger partial charge in [0.25, 0.3) is 0 Å². The van der Waals surface area contributed by atoms with Crippen LogP contribution in [0.5, 0.6) is 0 Å². The minimum atomic E-state index is 0. The summed E-state index contributed by atoms with van der Waals surface area (Å²) in [5, 5.41) is 9.38. The molecule has 130 valence electrons. The van der Waals surface area contributed by atoms with Crippen molar-refractivity contribution < 1.29 is 9.53 Å². The topological polar surface area (TPSA) is 74.8 Å². The Morgan fingerprint density at radius 2 is 1.82 bits per heavy atom. The zero-order valence-electron chi connectivity index (χ0n) is 13.8. The summed E-state index contributed by atoms with van der Waals surface area (Å²) >= 11 is 0. The van der Waals surface area contributed by atoms with Crippen LogP contribution >= 0.6 is 24.0 Å². The maximum Gasteiger partial charge on any atom is 0.223 e. The summed E-state index contributed by atoms with van der Waals surface area (Å²) < 4.78 is 4.97. The van der Waals surface area contributed by atoms with Gasteiger partial charge in [-0.15, -0.1) is 24.0 Å². The van der Waals surface area contributed by atoms with Crippen molar-refractivity contribution in [3.63, 3.8) is 0 Å². The van der Waals surface area contributed by atoms with Crippen molar-refractivity contribution in [3.8, 4) is 0 Å². The second kappa shape index (κ2) is 14.0. The van der Waals surface area contributed by atoms with Crippen molar-refractivity contribution in [1.82, 2.24) is 16.0 Å². The number of hydrogen-bond donors (Lipinski definition) is 3. The fourth-order valence-corrected chi connectivity index (χ4v) is 2.47. The highest BCUT2D eigenvalue weighted by Gasteiger charge is 2.20. The lowest BCUT2D eigenvalue weighted by Crippen LogP contribution is -2.42. The summed E-state index contributed by atoms with van der Waals surface area (Å²) in [5.74, 6) is 1.20. The Labute approximate surface area is 151 Å². The highest BCUT2D eigenvalue weighted by molar-refractivity contribution is 14.0. The standard InChI is InChI=1S/C15H30N4O2.HI/c1-3-16-15(19-11-12-21-2)18-10-9-17-14(20)13-7-5-4-6-8-13;/h13H,3-12H2,1-2H3,(H,17,20)(H2,16,18,19);1H. The first-order chi connectivity index (χ1) is 10.3. The van der Waals surface area contributed by atoms with E-state index in [1.165, 1.54) is 19.3 Å². The first-order valence-electron chi connectivity index (χ1n) is 8.06. The molecule has 6 nitrogen and oxygen atoms in total. The predicted molar refractivity (Wildman–Crippen MR) is 101 cm³/mol. The molecule has 1 fully saturated rings. The first kappa shape index (κ1) is 21.4. The molecule has 1 rings (SSSR count). The van der Waals surface area contributed by atoms with Crippen LogP contribution in [-0.2, 0) is 9.53 Å². The third kappa shape index (κ3) is 9.45. The molecule has 1 aliphatic rings. The molecule has 0 bridgehead atoms. The highest BCUT2D eigenvalue weighted by Crippen LogP contribution is 2.23. The molecule has 0 atom stereocenters. The number of halogens is 1. The van der Waals surface area contributed by atoms with Gasteiger partial charge in [-0.1, -0.05) is 19.3 Å². The SMILES string of the molecule is CCNC(=NCCOC)NCCNC(=O)C1CCCCC1.I. The molecular formula is C15H31IN4O2. The van der Waals surface area contributed by atoms with Crippen molar-refractivity contribution in [2.75, 3.05) is 39.9 Å². The van der Waals surface area contributed by atoms with Crippen LogP contribution in [0.1, 0.15) is 39.0 Å². The molecule has 7 heteroatoms. The molecule has 0 aromatic carbocycles. The van der Waals surface area contributed by atoms with Crippen LogP contribution in [-0.4, -0.2) is 51.8 Å². The summed E-state index contributed by atoms with van der Waals surface area (Å²) in [6.45, 7) is 5.38. The van der Waals surface area contributed by atoms with E-state index in [2.05, 4.69) is 20.9 Å². The summed E-state index contributed by atoms with van der Waals surface area (Å²) in [5.41, 5.74) is 0. The van der Waals surface area contributed by atoms with Gasteiger partial charge < -0.3 is 20.7 Å². The van der Waals surface area contributed by atoms with E-state index in [1.807, 2.05) is 6.92 Å². The maximum absolute atomic E-state index is 12.0. The molecule has 1 aliphatic carbocycles. The number of guanidine groups is 1. The van der Waals surface area contributed by atoms with Gasteiger partial charge in [0.15, 0.2) is 5.96 Å². The molecule has 0 aromatic rings. The third-order valence-corrected chi connectivity index (χ3v) is 3.60. The molecule has 0 radical (unpaired) electrons. The minimum Gasteiger partial charge on any atom is -0.383 e. The average molecular weight is 426 g/mol. The summed E-state index contributed by atoms with van der Waals surface area (Å²) in [6.07, 6.45) is 5.73. The zero-order chi connectivity index (χ0) is 15.3. The van der Waals surface area contributed by atoms with Crippen LogP contribution in [0, 0.1) is 5.92 Å². The smallest absolute Gasteiger partial charge is 0.223 e. The van der Waals surface area contributed by atoms with Gasteiger partial charge in [0.05, 0.1) is 13.2 Å². The number of carbonyl (C=O) groups is 1. The Bertz CT molecular complexity index is 321. The number of nitrogens with zero attached hydrogens (tertiary/aromatic N) is 1. The summed E-state index contributed by atoms with van der Waals surface area (Å²) in [4.78, 5) is 16.3. The Hall–Kier alpha value is -0.570. The van der Waals surface area contributed by atoms with E-state index in [0.29, 0.717) is 26.2 Å². The molecule has 0 spiro atoms. The number of aliphatic imine (C=N–C) groups is 1. The van der Waals surface area contributed by atoms with Crippen LogP contribution in [0.25, 0.3) is 0 Å². The Morgan fingerprint density at radius 3 is 2.45 bits per heavy atom. The van der Waals surface area contributed by atoms with Crippen LogP contribution < -0.4 is 16.0 Å². The lowest BCUT2D eigenvalue weighted by molar-refractivity contribution is -0.125. The van der Waals surface area contributed by atoms with E-state index in [1.54, 1.807) is 7.11 Å². The summed E-state index contributed by atoms with van der Waals surface area (Å²) in [7, 11) is 1.66. The van der Waals surface area contributed by atoms with Crippen LogP contribution in [0.15, 0.2) is 4.99 Å². The lowest BCUT2D eigenvalue weighted by Gasteiger charge is -2.21. The van der Waals surface area contributed by atoms with Crippen LogP contribution in [0.4, 0.5) is 0 Å². The van der Waals surface area contributed by atoms with Gasteiger partial charge in [0, 0.05) is 32.7 Å². The Morgan fingerprint density at radius 1 is 1.14 bits per heavy atom. The fourth-order valence-electron chi connectivity index (χ4n) is 2.47. The van der Waals surface area contributed by atoms with Crippen molar-refractivity contribution in [2.45, 2.75) is 39.0 Å². The van der Waals surface area contributed by atoms with Crippen LogP contribution in [0.3, 0.4) is 0 Å². The monoisotopic (exact) mass is 426 g/mol. The number of carbonyl (C=O) groups excluding carboxylic acids is 1. The molecule has 0 aromatic heterocycles. The second-order valence-corrected chi connectivity index (χ2v) is 5.31.